The molecule has 1 aromatic carbocycles. The summed E-state index contributed by atoms with van der Waals surface area (Å²) in [5.74, 6) is -0.731. The Balaban J connectivity index is 2.10. The number of carboxylic acids is 1. The molecule has 0 radical (unpaired) electrons. The van der Waals surface area contributed by atoms with Crippen LogP contribution < -0.4 is 21.1 Å². The van der Waals surface area contributed by atoms with Crippen LogP contribution in [0.3, 0.4) is 0 Å². The standard InChI is InChI=1S/C20H30ClN3O5/c1-28-16-11-15(22)14(21)10-13(16)19(27)24-17-7-9-23-12-20(17,29-2)8-5-3-4-6-18(25)26/h10-11,17,23H,3-9,12,22H2,1-2H3,(H,24,27)(H,25,26)/t17-,20-/m1/s1. The lowest BCUT2D eigenvalue weighted by Crippen LogP contribution is -2.62. The van der Waals surface area contributed by atoms with E-state index in [1.807, 2.05) is 0 Å². The van der Waals surface area contributed by atoms with Gasteiger partial charge in [0.1, 0.15) is 11.4 Å². The lowest BCUT2D eigenvalue weighted by molar-refractivity contribution is -0.137. The highest BCUT2D eigenvalue weighted by atomic mass is 35.5. The summed E-state index contributed by atoms with van der Waals surface area (Å²) in [6.07, 6.45) is 3.81. The van der Waals surface area contributed by atoms with Crippen molar-refractivity contribution in [2.24, 2.45) is 0 Å². The summed E-state index contributed by atoms with van der Waals surface area (Å²) in [6, 6.07) is 2.83. The van der Waals surface area contributed by atoms with Gasteiger partial charge in [0.25, 0.3) is 5.91 Å². The summed E-state index contributed by atoms with van der Waals surface area (Å²) in [4.78, 5) is 23.7. The fourth-order valence-electron chi connectivity index (χ4n) is 3.74. The largest absolute Gasteiger partial charge is 0.496 e. The number of rotatable bonds is 10. The van der Waals surface area contributed by atoms with Crippen LogP contribution >= 0.6 is 11.6 Å². The summed E-state index contributed by atoms with van der Waals surface area (Å²) in [5, 5.41) is 15.5. The van der Waals surface area contributed by atoms with E-state index in [1.165, 1.54) is 19.2 Å². The third-order valence-electron chi connectivity index (χ3n) is 5.43. The minimum atomic E-state index is -0.785. The minimum Gasteiger partial charge on any atom is -0.496 e. The van der Waals surface area contributed by atoms with Crippen LogP contribution in [-0.4, -0.2) is 55.9 Å². The number of amides is 1. The number of nitrogens with two attached hydrogens (primary N) is 1. The van der Waals surface area contributed by atoms with Gasteiger partial charge in [0.05, 0.1) is 29.4 Å². The number of hydrogen-bond donors (Lipinski definition) is 4. The second-order valence-corrected chi connectivity index (χ2v) is 7.70. The summed E-state index contributed by atoms with van der Waals surface area (Å²) >= 11 is 6.10. The van der Waals surface area contributed by atoms with Crippen molar-refractivity contribution in [3.63, 3.8) is 0 Å². The second kappa shape index (κ2) is 10.7. The van der Waals surface area contributed by atoms with E-state index in [0.29, 0.717) is 42.8 Å². The highest BCUT2D eigenvalue weighted by Crippen LogP contribution is 2.31. The van der Waals surface area contributed by atoms with Crippen molar-refractivity contribution in [3.8, 4) is 5.75 Å². The Morgan fingerprint density at radius 3 is 2.76 bits per heavy atom. The van der Waals surface area contributed by atoms with Crippen LogP contribution in [0.25, 0.3) is 0 Å². The number of carbonyl (C=O) groups excluding carboxylic acids is 1. The molecule has 1 aliphatic heterocycles. The monoisotopic (exact) mass is 427 g/mol. The first-order valence-corrected chi connectivity index (χ1v) is 10.1. The van der Waals surface area contributed by atoms with E-state index in [1.54, 1.807) is 7.11 Å². The molecule has 0 aliphatic carbocycles. The molecule has 2 atom stereocenters. The Labute approximate surface area is 176 Å². The van der Waals surface area contributed by atoms with Gasteiger partial charge in [0.15, 0.2) is 0 Å². The number of nitrogens with one attached hydrogen (secondary N) is 2. The predicted molar refractivity (Wildman–Crippen MR) is 112 cm³/mol. The maximum atomic E-state index is 13.0. The number of methoxy groups -OCH3 is 2. The zero-order valence-electron chi connectivity index (χ0n) is 16.9. The zero-order valence-corrected chi connectivity index (χ0v) is 17.7. The molecule has 5 N–H and O–H groups in total. The normalized spacial score (nSPS) is 21.6. The Bertz CT molecular complexity index is 730. The van der Waals surface area contributed by atoms with Gasteiger partial charge in [-0.3, -0.25) is 9.59 Å². The van der Waals surface area contributed by atoms with E-state index < -0.39 is 11.6 Å². The van der Waals surface area contributed by atoms with Crippen molar-refractivity contribution in [2.75, 3.05) is 33.0 Å². The van der Waals surface area contributed by atoms with Gasteiger partial charge in [-0.25, -0.2) is 0 Å². The molecule has 1 amide bonds. The van der Waals surface area contributed by atoms with Gasteiger partial charge in [0, 0.05) is 26.1 Å². The molecular formula is C20H30ClN3O5. The van der Waals surface area contributed by atoms with Crippen LogP contribution in [0.15, 0.2) is 12.1 Å². The van der Waals surface area contributed by atoms with Gasteiger partial charge in [-0.05, 0) is 31.9 Å². The van der Waals surface area contributed by atoms with E-state index >= 15 is 0 Å². The lowest BCUT2D eigenvalue weighted by atomic mass is 9.83. The highest BCUT2D eigenvalue weighted by Gasteiger charge is 2.41. The molecule has 1 aliphatic rings. The van der Waals surface area contributed by atoms with Crippen LogP contribution in [0.1, 0.15) is 48.9 Å². The first kappa shape index (κ1) is 23.3. The van der Waals surface area contributed by atoms with Crippen molar-refractivity contribution < 1.29 is 24.2 Å². The topological polar surface area (TPSA) is 123 Å². The van der Waals surface area contributed by atoms with Gasteiger partial charge >= 0.3 is 5.97 Å². The van der Waals surface area contributed by atoms with Crippen LogP contribution in [0.2, 0.25) is 5.02 Å². The Morgan fingerprint density at radius 2 is 2.10 bits per heavy atom. The molecule has 0 bridgehead atoms. The van der Waals surface area contributed by atoms with E-state index in [9.17, 15) is 9.59 Å². The number of halogens is 1. The van der Waals surface area contributed by atoms with Crippen molar-refractivity contribution in [1.82, 2.24) is 10.6 Å². The highest BCUT2D eigenvalue weighted by molar-refractivity contribution is 6.33. The quantitative estimate of drug-likeness (QED) is 0.334. The summed E-state index contributed by atoms with van der Waals surface area (Å²) < 4.78 is 11.2. The summed E-state index contributed by atoms with van der Waals surface area (Å²) in [5.41, 5.74) is 5.89. The first-order valence-electron chi connectivity index (χ1n) is 9.74. The average Bonchev–Trinajstić information content (AvgIpc) is 2.70. The van der Waals surface area contributed by atoms with E-state index in [-0.39, 0.29) is 23.4 Å². The maximum absolute atomic E-state index is 13.0. The minimum absolute atomic E-state index is 0.163. The van der Waals surface area contributed by atoms with Crippen LogP contribution in [0, 0.1) is 0 Å². The molecule has 2 rings (SSSR count). The van der Waals surface area contributed by atoms with Gasteiger partial charge in [-0.1, -0.05) is 24.4 Å². The zero-order chi connectivity index (χ0) is 21.4. The Hall–Kier alpha value is -2.03. The van der Waals surface area contributed by atoms with Crippen LogP contribution in [0.5, 0.6) is 5.75 Å². The molecule has 1 heterocycles. The fraction of sp³-hybridized carbons (Fsp3) is 0.600. The number of benzene rings is 1. The number of carboxylic acid groups (broad SMARTS) is 1. The molecular weight excluding hydrogens is 398 g/mol. The lowest BCUT2D eigenvalue weighted by Gasteiger charge is -2.44. The number of piperidine rings is 1. The molecule has 0 saturated carbocycles. The number of hydrogen-bond acceptors (Lipinski definition) is 6. The molecule has 0 unspecified atom stereocenters. The summed E-state index contributed by atoms with van der Waals surface area (Å²) in [6.45, 7) is 1.36. The molecule has 0 aromatic heterocycles. The smallest absolute Gasteiger partial charge is 0.303 e. The fourth-order valence-corrected chi connectivity index (χ4v) is 3.91. The number of unbranched alkanes of at least 4 members (excludes halogenated alkanes) is 2. The summed E-state index contributed by atoms with van der Waals surface area (Å²) in [7, 11) is 3.12. The SMILES string of the molecule is COc1cc(N)c(Cl)cc1C(=O)N[C@@H]1CCNC[C@@]1(CCCCCC(=O)O)OC. The molecule has 8 nitrogen and oxygen atoms in total. The number of carbonyl (C=O) groups is 2. The number of aliphatic carboxylic acids is 1. The average molecular weight is 428 g/mol. The number of nitrogen functional groups attached to an aromatic ring is 1. The van der Waals surface area contributed by atoms with E-state index in [2.05, 4.69) is 10.6 Å². The third kappa shape index (κ3) is 5.98. The van der Waals surface area contributed by atoms with Gasteiger partial charge in [-0.2, -0.15) is 0 Å². The van der Waals surface area contributed by atoms with Crippen molar-refractivity contribution in [2.45, 2.75) is 50.2 Å². The molecule has 29 heavy (non-hydrogen) atoms. The molecule has 1 fully saturated rings. The predicted octanol–water partition coefficient (Wildman–Crippen LogP) is 2.44. The van der Waals surface area contributed by atoms with Crippen LogP contribution in [0.4, 0.5) is 5.69 Å². The molecule has 9 heteroatoms. The van der Waals surface area contributed by atoms with Crippen molar-refractivity contribution >= 4 is 29.2 Å². The van der Waals surface area contributed by atoms with E-state index in [0.717, 1.165) is 19.4 Å². The second-order valence-electron chi connectivity index (χ2n) is 7.29. The molecule has 1 aromatic rings. The maximum Gasteiger partial charge on any atom is 0.303 e. The van der Waals surface area contributed by atoms with Gasteiger partial charge in [-0.15, -0.1) is 0 Å². The number of ether oxygens (including phenoxy) is 2. The van der Waals surface area contributed by atoms with Crippen LogP contribution in [-0.2, 0) is 9.53 Å². The Kier molecular flexibility index (Phi) is 8.55. The first-order chi connectivity index (χ1) is 13.8. The third-order valence-corrected chi connectivity index (χ3v) is 5.76. The Morgan fingerprint density at radius 1 is 1.34 bits per heavy atom. The molecule has 1 saturated heterocycles. The van der Waals surface area contributed by atoms with Crippen molar-refractivity contribution in [3.05, 3.63) is 22.7 Å². The van der Waals surface area contributed by atoms with Gasteiger partial charge in [0.2, 0.25) is 0 Å². The molecule has 0 spiro atoms. The van der Waals surface area contributed by atoms with Crippen molar-refractivity contribution in [1.29, 1.82) is 0 Å². The molecule has 162 valence electrons. The van der Waals surface area contributed by atoms with E-state index in [4.69, 9.17) is 31.9 Å². The van der Waals surface area contributed by atoms with Gasteiger partial charge < -0.3 is 30.9 Å². The number of anilines is 1.